The Bertz CT molecular complexity index is 335. The number of nitriles is 1. The summed E-state index contributed by atoms with van der Waals surface area (Å²) in [6.45, 7) is 4.38. The van der Waals surface area contributed by atoms with E-state index < -0.39 is 5.54 Å². The Kier molecular flexibility index (Phi) is 3.51. The average Bonchev–Trinajstić information content (AvgIpc) is 2.17. The summed E-state index contributed by atoms with van der Waals surface area (Å²) in [5.41, 5.74) is 0.636. The van der Waals surface area contributed by atoms with Gasteiger partial charge < -0.3 is 0 Å². The molecule has 0 aliphatic heterocycles. The summed E-state index contributed by atoms with van der Waals surface area (Å²) in [4.78, 5) is 0. The first-order valence-corrected chi connectivity index (χ1v) is 4.82. The summed E-state index contributed by atoms with van der Waals surface area (Å²) in [7, 11) is 0. The third-order valence-corrected chi connectivity index (χ3v) is 2.18. The highest BCUT2D eigenvalue weighted by atomic mass is 35.5. The molecule has 0 saturated carbocycles. The zero-order valence-electron chi connectivity index (χ0n) is 8.34. The zero-order chi connectivity index (χ0) is 10.6. The second kappa shape index (κ2) is 4.45. The van der Waals surface area contributed by atoms with Crippen LogP contribution in [0.3, 0.4) is 0 Å². The van der Waals surface area contributed by atoms with Gasteiger partial charge in [-0.1, -0.05) is 23.7 Å². The van der Waals surface area contributed by atoms with E-state index in [0.717, 1.165) is 10.6 Å². The number of nitrogens with one attached hydrogen (secondary N) is 1. The molecule has 3 heteroatoms. The van der Waals surface area contributed by atoms with Crippen molar-refractivity contribution in [2.75, 3.05) is 0 Å². The fourth-order valence-corrected chi connectivity index (χ4v) is 1.09. The number of nitrogens with zero attached hydrogens (tertiary/aromatic N) is 1. The molecule has 2 nitrogen and oxygen atoms in total. The van der Waals surface area contributed by atoms with Gasteiger partial charge in [0.05, 0.1) is 6.07 Å². The summed E-state index contributed by atoms with van der Waals surface area (Å²) in [6.07, 6.45) is 0. The van der Waals surface area contributed by atoms with E-state index in [0.29, 0.717) is 6.54 Å². The van der Waals surface area contributed by atoms with Crippen LogP contribution in [0, 0.1) is 11.3 Å². The topological polar surface area (TPSA) is 35.8 Å². The van der Waals surface area contributed by atoms with Gasteiger partial charge in [-0.15, -0.1) is 0 Å². The Morgan fingerprint density at radius 3 is 2.43 bits per heavy atom. The van der Waals surface area contributed by atoms with Crippen LogP contribution in [0.15, 0.2) is 24.3 Å². The first-order chi connectivity index (χ1) is 6.53. The summed E-state index contributed by atoms with van der Waals surface area (Å²) < 4.78 is 0. The molecule has 0 aromatic heterocycles. The zero-order valence-corrected chi connectivity index (χ0v) is 9.10. The molecule has 0 atom stereocenters. The molecular formula is C11H13ClN2. The van der Waals surface area contributed by atoms with Crippen LogP contribution in [0.2, 0.25) is 5.02 Å². The van der Waals surface area contributed by atoms with Crippen LogP contribution in [0.1, 0.15) is 19.4 Å². The molecule has 1 aromatic rings. The Hall–Kier alpha value is -1.04. The molecule has 0 fully saturated rings. The molecule has 1 N–H and O–H groups in total. The van der Waals surface area contributed by atoms with E-state index in [2.05, 4.69) is 11.4 Å². The molecule has 0 bridgehead atoms. The van der Waals surface area contributed by atoms with Crippen molar-refractivity contribution in [1.29, 1.82) is 5.26 Å². The first kappa shape index (κ1) is 11.0. The maximum Gasteiger partial charge on any atom is 0.101 e. The van der Waals surface area contributed by atoms with Crippen LogP contribution >= 0.6 is 11.6 Å². The summed E-state index contributed by atoms with van der Waals surface area (Å²) in [5.74, 6) is 0. The molecule has 0 heterocycles. The largest absolute Gasteiger partial charge is 0.296 e. The van der Waals surface area contributed by atoms with Crippen molar-refractivity contribution in [2.24, 2.45) is 0 Å². The second-order valence-corrected chi connectivity index (χ2v) is 4.15. The lowest BCUT2D eigenvalue weighted by Gasteiger charge is -2.17. The molecule has 0 unspecified atom stereocenters. The van der Waals surface area contributed by atoms with Gasteiger partial charge in [-0.05, 0) is 31.5 Å². The van der Waals surface area contributed by atoms with Crippen molar-refractivity contribution >= 4 is 11.6 Å². The van der Waals surface area contributed by atoms with E-state index in [1.54, 1.807) is 0 Å². The average molecular weight is 209 g/mol. The predicted molar refractivity (Wildman–Crippen MR) is 58.0 cm³/mol. The molecule has 1 aromatic carbocycles. The van der Waals surface area contributed by atoms with Crippen molar-refractivity contribution in [3.05, 3.63) is 34.9 Å². The maximum absolute atomic E-state index is 8.78. The van der Waals surface area contributed by atoms with E-state index in [4.69, 9.17) is 16.9 Å². The maximum atomic E-state index is 8.78. The predicted octanol–water partition coefficient (Wildman–Crippen LogP) is 2.73. The third kappa shape index (κ3) is 3.37. The van der Waals surface area contributed by atoms with Gasteiger partial charge in [0.2, 0.25) is 0 Å². The van der Waals surface area contributed by atoms with Crippen LogP contribution in [-0.4, -0.2) is 5.54 Å². The lowest BCUT2D eigenvalue weighted by molar-refractivity contribution is 0.485. The Morgan fingerprint density at radius 1 is 1.36 bits per heavy atom. The van der Waals surface area contributed by atoms with Gasteiger partial charge >= 0.3 is 0 Å². The lowest BCUT2D eigenvalue weighted by Crippen LogP contribution is -2.36. The summed E-state index contributed by atoms with van der Waals surface area (Å²) in [5, 5.41) is 12.7. The molecule has 0 aliphatic carbocycles. The summed E-state index contributed by atoms with van der Waals surface area (Å²) in [6, 6.07) is 9.77. The SMILES string of the molecule is CC(C)(C#N)NCc1ccc(Cl)cc1. The third-order valence-electron chi connectivity index (χ3n) is 1.93. The van der Waals surface area contributed by atoms with Gasteiger partial charge in [0.15, 0.2) is 0 Å². The van der Waals surface area contributed by atoms with Gasteiger partial charge in [0.25, 0.3) is 0 Å². The Labute approximate surface area is 89.5 Å². The number of rotatable bonds is 3. The smallest absolute Gasteiger partial charge is 0.101 e. The molecule has 0 aliphatic rings. The van der Waals surface area contributed by atoms with Crippen molar-refractivity contribution < 1.29 is 0 Å². The number of hydrogen-bond donors (Lipinski definition) is 1. The fourth-order valence-electron chi connectivity index (χ4n) is 0.965. The standard InChI is InChI=1S/C11H13ClN2/c1-11(2,8-13)14-7-9-3-5-10(12)6-4-9/h3-6,14H,7H2,1-2H3. The van der Waals surface area contributed by atoms with Gasteiger partial charge in [-0.25, -0.2) is 0 Å². The number of benzene rings is 1. The molecule has 14 heavy (non-hydrogen) atoms. The van der Waals surface area contributed by atoms with E-state index in [9.17, 15) is 0 Å². The molecule has 0 saturated heterocycles. The number of halogens is 1. The van der Waals surface area contributed by atoms with E-state index in [1.807, 2.05) is 38.1 Å². The fraction of sp³-hybridized carbons (Fsp3) is 0.364. The highest BCUT2D eigenvalue weighted by Crippen LogP contribution is 2.10. The van der Waals surface area contributed by atoms with Crippen molar-refractivity contribution in [3.8, 4) is 6.07 Å². The lowest BCUT2D eigenvalue weighted by atomic mass is 10.1. The van der Waals surface area contributed by atoms with Crippen LogP contribution in [0.4, 0.5) is 0 Å². The monoisotopic (exact) mass is 208 g/mol. The van der Waals surface area contributed by atoms with Crippen LogP contribution in [0.25, 0.3) is 0 Å². The first-order valence-electron chi connectivity index (χ1n) is 4.44. The van der Waals surface area contributed by atoms with Crippen LogP contribution in [-0.2, 0) is 6.54 Å². The number of hydrogen-bond acceptors (Lipinski definition) is 2. The molecule has 0 amide bonds. The molecular weight excluding hydrogens is 196 g/mol. The van der Waals surface area contributed by atoms with Crippen LogP contribution in [0.5, 0.6) is 0 Å². The van der Waals surface area contributed by atoms with Gasteiger partial charge in [0.1, 0.15) is 5.54 Å². The van der Waals surface area contributed by atoms with Crippen molar-refractivity contribution in [1.82, 2.24) is 5.32 Å². The minimum atomic E-state index is -0.486. The van der Waals surface area contributed by atoms with Gasteiger partial charge in [-0.3, -0.25) is 5.32 Å². The van der Waals surface area contributed by atoms with E-state index in [-0.39, 0.29) is 0 Å². The molecule has 0 radical (unpaired) electrons. The highest BCUT2D eigenvalue weighted by molar-refractivity contribution is 6.30. The Balaban J connectivity index is 2.55. The highest BCUT2D eigenvalue weighted by Gasteiger charge is 2.14. The van der Waals surface area contributed by atoms with Gasteiger partial charge in [0, 0.05) is 11.6 Å². The second-order valence-electron chi connectivity index (χ2n) is 3.72. The van der Waals surface area contributed by atoms with Crippen LogP contribution < -0.4 is 5.32 Å². The quantitative estimate of drug-likeness (QED) is 0.829. The molecule has 1 rings (SSSR count). The van der Waals surface area contributed by atoms with E-state index in [1.165, 1.54) is 0 Å². The normalized spacial score (nSPS) is 11.0. The van der Waals surface area contributed by atoms with Crippen molar-refractivity contribution in [3.63, 3.8) is 0 Å². The minimum absolute atomic E-state index is 0.486. The molecule has 0 spiro atoms. The summed E-state index contributed by atoms with van der Waals surface area (Å²) >= 11 is 5.76. The van der Waals surface area contributed by atoms with Crippen molar-refractivity contribution in [2.45, 2.75) is 25.9 Å². The molecule has 74 valence electrons. The minimum Gasteiger partial charge on any atom is -0.296 e. The Morgan fingerprint density at radius 2 is 1.93 bits per heavy atom. The van der Waals surface area contributed by atoms with E-state index >= 15 is 0 Å². The van der Waals surface area contributed by atoms with Gasteiger partial charge in [-0.2, -0.15) is 5.26 Å².